The molecule has 0 unspecified atom stereocenters. The largest absolute Gasteiger partial charge is 0.375 e. The van der Waals surface area contributed by atoms with E-state index in [4.69, 9.17) is 18.0 Å². The van der Waals surface area contributed by atoms with Gasteiger partial charge in [0.05, 0.1) is 12.3 Å². The zero-order chi connectivity index (χ0) is 13.7. The van der Waals surface area contributed by atoms with Gasteiger partial charge in [0.25, 0.3) is 0 Å². The monoisotopic (exact) mass is 274 g/mol. The van der Waals surface area contributed by atoms with Gasteiger partial charge >= 0.3 is 0 Å². The number of thiocarbonyl (C=S) groups is 1. The lowest BCUT2D eigenvalue weighted by molar-refractivity contribution is 0.718. The summed E-state index contributed by atoms with van der Waals surface area (Å²) in [6.07, 6.45) is 3.11. The second kappa shape index (κ2) is 6.05. The maximum atomic E-state index is 5.39. The molecule has 3 N–H and O–H groups in total. The lowest BCUT2D eigenvalue weighted by atomic mass is 10.1. The number of hydrogen-bond acceptors (Lipinski definition) is 4. The van der Waals surface area contributed by atoms with Gasteiger partial charge in [-0.3, -0.25) is 5.43 Å². The Labute approximate surface area is 116 Å². The van der Waals surface area contributed by atoms with Gasteiger partial charge in [-0.15, -0.1) is 0 Å². The number of rotatable bonds is 4. The predicted molar refractivity (Wildman–Crippen MR) is 77.7 cm³/mol. The van der Waals surface area contributed by atoms with Gasteiger partial charge in [0.2, 0.25) is 0 Å². The molecule has 0 saturated heterocycles. The minimum absolute atomic E-state index is 0.128. The van der Waals surface area contributed by atoms with Crippen LogP contribution in [0.5, 0.6) is 0 Å². The molecule has 1 aromatic heterocycles. The normalized spacial score (nSPS) is 11.3. The van der Waals surface area contributed by atoms with Crippen LogP contribution in [0.25, 0.3) is 0 Å². The summed E-state index contributed by atoms with van der Waals surface area (Å²) in [4.78, 5) is 3.90. The van der Waals surface area contributed by atoms with Crippen molar-refractivity contribution >= 4 is 23.0 Å². The number of benzene rings is 1. The number of nitrogens with zero attached hydrogens (tertiary/aromatic N) is 4. The minimum atomic E-state index is 0.128. The van der Waals surface area contributed by atoms with Crippen LogP contribution >= 0.6 is 12.2 Å². The Morgan fingerprint density at radius 3 is 2.74 bits per heavy atom. The van der Waals surface area contributed by atoms with Crippen molar-refractivity contribution in [2.75, 3.05) is 0 Å². The third-order valence-corrected chi connectivity index (χ3v) is 2.56. The number of hydrogen-bond donors (Lipinski definition) is 2. The molecular formula is C12H14N6S. The van der Waals surface area contributed by atoms with Crippen molar-refractivity contribution in [3.8, 4) is 0 Å². The van der Waals surface area contributed by atoms with Crippen LogP contribution in [0.3, 0.4) is 0 Å². The van der Waals surface area contributed by atoms with E-state index in [2.05, 4.69) is 20.6 Å². The van der Waals surface area contributed by atoms with Crippen molar-refractivity contribution < 1.29 is 0 Å². The quantitative estimate of drug-likeness (QED) is 0.490. The van der Waals surface area contributed by atoms with Gasteiger partial charge in [-0.2, -0.15) is 10.2 Å². The fraction of sp³-hybridized carbons (Fsp3) is 0.167. The van der Waals surface area contributed by atoms with E-state index in [-0.39, 0.29) is 5.11 Å². The number of aryl methyl sites for hydroxylation is 1. The minimum Gasteiger partial charge on any atom is -0.375 e. The van der Waals surface area contributed by atoms with Crippen LogP contribution in [0, 0.1) is 6.92 Å². The Hall–Kier alpha value is -2.28. The van der Waals surface area contributed by atoms with Crippen LogP contribution in [0.4, 0.5) is 0 Å². The molecule has 0 aliphatic heterocycles. The maximum absolute atomic E-state index is 5.39. The summed E-state index contributed by atoms with van der Waals surface area (Å²) in [5, 5.41) is 8.40. The number of aromatic nitrogens is 3. The van der Waals surface area contributed by atoms with E-state index >= 15 is 0 Å². The average Bonchev–Trinajstić information content (AvgIpc) is 2.88. The number of nitrogens with two attached hydrogens (primary N) is 1. The average molecular weight is 274 g/mol. The zero-order valence-corrected chi connectivity index (χ0v) is 11.3. The Balaban J connectivity index is 2.25. The van der Waals surface area contributed by atoms with E-state index in [0.29, 0.717) is 6.54 Å². The zero-order valence-electron chi connectivity index (χ0n) is 10.4. The molecule has 6 nitrogen and oxygen atoms in total. The molecule has 0 fully saturated rings. The molecule has 0 amide bonds. The topological polar surface area (TPSA) is 81.1 Å². The highest BCUT2D eigenvalue weighted by Gasteiger charge is 2.06. The molecule has 19 heavy (non-hydrogen) atoms. The smallest absolute Gasteiger partial charge is 0.184 e. The molecule has 0 aliphatic carbocycles. The van der Waals surface area contributed by atoms with E-state index in [9.17, 15) is 0 Å². The van der Waals surface area contributed by atoms with Crippen molar-refractivity contribution in [1.82, 2.24) is 20.2 Å². The second-order valence-corrected chi connectivity index (χ2v) is 4.43. The van der Waals surface area contributed by atoms with Crippen LogP contribution in [-0.2, 0) is 6.54 Å². The second-order valence-electron chi connectivity index (χ2n) is 3.99. The summed E-state index contributed by atoms with van der Waals surface area (Å²) in [5.41, 5.74) is 10.9. The first-order chi connectivity index (χ1) is 9.15. The summed E-state index contributed by atoms with van der Waals surface area (Å²) in [5.74, 6) is 0. The van der Waals surface area contributed by atoms with Crippen LogP contribution in [0.1, 0.15) is 11.1 Å². The third-order valence-electron chi connectivity index (χ3n) is 2.46. The van der Waals surface area contributed by atoms with E-state index in [0.717, 1.165) is 11.3 Å². The van der Waals surface area contributed by atoms with E-state index in [1.165, 1.54) is 11.9 Å². The highest BCUT2D eigenvalue weighted by molar-refractivity contribution is 7.80. The lowest BCUT2D eigenvalue weighted by Gasteiger charge is -2.07. The molecule has 0 spiro atoms. The molecule has 2 rings (SSSR count). The van der Waals surface area contributed by atoms with Crippen molar-refractivity contribution in [2.24, 2.45) is 10.8 Å². The first-order valence-electron chi connectivity index (χ1n) is 5.66. The molecule has 7 heteroatoms. The van der Waals surface area contributed by atoms with Crippen molar-refractivity contribution in [3.63, 3.8) is 0 Å². The summed E-state index contributed by atoms with van der Waals surface area (Å²) in [7, 11) is 0. The van der Waals surface area contributed by atoms with Crippen molar-refractivity contribution in [3.05, 3.63) is 48.0 Å². The lowest BCUT2D eigenvalue weighted by Crippen LogP contribution is -2.27. The van der Waals surface area contributed by atoms with Crippen molar-refractivity contribution in [1.29, 1.82) is 0 Å². The molecule has 0 saturated carbocycles. The SMILES string of the molecule is Cc1ccc(C(Cn2cncn2)=NNC(N)=S)cc1. The fourth-order valence-corrected chi connectivity index (χ4v) is 1.57. The van der Waals surface area contributed by atoms with Crippen LogP contribution in [-0.4, -0.2) is 25.6 Å². The molecular weight excluding hydrogens is 260 g/mol. The third kappa shape index (κ3) is 3.85. The van der Waals surface area contributed by atoms with Crippen LogP contribution < -0.4 is 11.2 Å². The Morgan fingerprint density at radius 2 is 2.16 bits per heavy atom. The van der Waals surface area contributed by atoms with Gasteiger partial charge < -0.3 is 5.73 Å². The Kier molecular flexibility index (Phi) is 4.19. The molecule has 0 bridgehead atoms. The molecule has 0 atom stereocenters. The van der Waals surface area contributed by atoms with Gasteiger partial charge in [-0.05, 0) is 24.7 Å². The summed E-state index contributed by atoms with van der Waals surface area (Å²) in [6.45, 7) is 2.52. The van der Waals surface area contributed by atoms with Gasteiger partial charge in [-0.1, -0.05) is 29.8 Å². The first-order valence-corrected chi connectivity index (χ1v) is 6.07. The van der Waals surface area contributed by atoms with Crippen LogP contribution in [0.2, 0.25) is 0 Å². The van der Waals surface area contributed by atoms with Crippen molar-refractivity contribution in [2.45, 2.75) is 13.5 Å². The molecule has 2 aromatic rings. The molecule has 0 aliphatic rings. The summed E-state index contributed by atoms with van der Waals surface area (Å²) < 4.78 is 1.68. The number of nitrogens with one attached hydrogen (secondary N) is 1. The fourth-order valence-electron chi connectivity index (χ4n) is 1.53. The number of hydrazone groups is 1. The Morgan fingerprint density at radius 1 is 1.42 bits per heavy atom. The summed E-state index contributed by atoms with van der Waals surface area (Å²) in [6, 6.07) is 8.03. The molecule has 98 valence electrons. The van der Waals surface area contributed by atoms with Gasteiger partial charge in [0, 0.05) is 0 Å². The standard InChI is InChI=1S/C12H14N6S/c1-9-2-4-10(5-3-9)11(16-17-12(13)19)6-18-8-14-7-15-18/h2-5,7-8H,6H2,1H3,(H3,13,17,19). The van der Waals surface area contributed by atoms with E-state index < -0.39 is 0 Å². The summed E-state index contributed by atoms with van der Waals surface area (Å²) >= 11 is 4.76. The van der Waals surface area contributed by atoms with Crippen LogP contribution in [0.15, 0.2) is 42.0 Å². The van der Waals surface area contributed by atoms with E-state index in [1.807, 2.05) is 31.2 Å². The predicted octanol–water partition coefficient (Wildman–Crippen LogP) is 0.824. The Bertz CT molecular complexity index is 573. The highest BCUT2D eigenvalue weighted by atomic mass is 32.1. The molecule has 0 radical (unpaired) electrons. The molecule has 1 aromatic carbocycles. The van der Waals surface area contributed by atoms with Gasteiger partial charge in [0.15, 0.2) is 5.11 Å². The van der Waals surface area contributed by atoms with E-state index in [1.54, 1.807) is 11.0 Å². The first kappa shape index (κ1) is 13.2. The van der Waals surface area contributed by atoms with Gasteiger partial charge in [-0.25, -0.2) is 9.67 Å². The highest BCUT2D eigenvalue weighted by Crippen LogP contribution is 2.06. The maximum Gasteiger partial charge on any atom is 0.184 e. The van der Waals surface area contributed by atoms with Gasteiger partial charge in [0.1, 0.15) is 12.7 Å². The molecule has 1 heterocycles.